The molecule has 1 heterocycles. The Morgan fingerprint density at radius 3 is 2.37 bits per heavy atom. The second-order valence-corrected chi connectivity index (χ2v) is 6.79. The highest BCUT2D eigenvalue weighted by Gasteiger charge is 2.22. The number of aromatic hydroxyl groups is 1. The molecule has 2 N–H and O–H groups in total. The molecule has 0 saturated heterocycles. The van der Waals surface area contributed by atoms with Gasteiger partial charge in [0.25, 0.3) is 0 Å². The largest absolute Gasteiger partial charge is 0.504 e. The van der Waals surface area contributed by atoms with Gasteiger partial charge in [-0.3, -0.25) is 0 Å². The fourth-order valence-electron chi connectivity index (χ4n) is 3.51. The highest BCUT2D eigenvalue weighted by molar-refractivity contribution is 14.0. The number of nitrogens with zero attached hydrogens (tertiary/aromatic N) is 2. The van der Waals surface area contributed by atoms with Crippen LogP contribution in [0, 0.1) is 0 Å². The lowest BCUT2D eigenvalue weighted by molar-refractivity contribution is 0.346. The number of nitrogens with one attached hydrogen (secondary N) is 1. The quantitative estimate of drug-likeness (QED) is 0.340. The molecule has 7 nitrogen and oxygen atoms in total. The Morgan fingerprint density at radius 2 is 1.73 bits per heavy atom. The number of benzene rings is 2. The second-order valence-electron chi connectivity index (χ2n) is 6.79. The van der Waals surface area contributed by atoms with Gasteiger partial charge in [0, 0.05) is 25.2 Å². The molecule has 0 saturated carbocycles. The highest BCUT2D eigenvalue weighted by Crippen LogP contribution is 2.33. The van der Waals surface area contributed by atoms with Crippen LogP contribution in [0.15, 0.2) is 35.3 Å². The van der Waals surface area contributed by atoms with Gasteiger partial charge in [-0.05, 0) is 42.7 Å². The Bertz CT molecular complexity index is 889. The first-order valence-electron chi connectivity index (χ1n) is 9.73. The molecule has 0 spiro atoms. The van der Waals surface area contributed by atoms with Crippen molar-refractivity contribution >= 4 is 29.9 Å². The van der Waals surface area contributed by atoms with Crippen molar-refractivity contribution in [3.05, 3.63) is 47.0 Å². The van der Waals surface area contributed by atoms with Crippen LogP contribution in [0.2, 0.25) is 0 Å². The molecular formula is C22H30IN3O4. The Balaban J connectivity index is 0.00000320. The summed E-state index contributed by atoms with van der Waals surface area (Å²) in [5.74, 6) is 2.89. The predicted molar refractivity (Wildman–Crippen MR) is 129 cm³/mol. The Labute approximate surface area is 195 Å². The molecule has 1 aliphatic heterocycles. The second kappa shape index (κ2) is 11.1. The third kappa shape index (κ3) is 5.21. The van der Waals surface area contributed by atoms with Crippen molar-refractivity contribution in [2.75, 3.05) is 34.4 Å². The molecule has 8 heteroatoms. The first-order chi connectivity index (χ1) is 14.1. The zero-order valence-electron chi connectivity index (χ0n) is 17.9. The maximum Gasteiger partial charge on any atom is 0.194 e. The van der Waals surface area contributed by atoms with Crippen LogP contribution < -0.4 is 19.5 Å². The molecule has 2 aromatic carbocycles. The van der Waals surface area contributed by atoms with Crippen molar-refractivity contribution in [1.82, 2.24) is 10.2 Å². The van der Waals surface area contributed by atoms with E-state index < -0.39 is 0 Å². The maximum absolute atomic E-state index is 10.3. The number of phenolic OH excluding ortho intramolecular Hbond substituents is 1. The van der Waals surface area contributed by atoms with Gasteiger partial charge in [-0.25, -0.2) is 4.99 Å². The summed E-state index contributed by atoms with van der Waals surface area (Å²) in [4.78, 5) is 6.97. The van der Waals surface area contributed by atoms with Crippen LogP contribution in [0.4, 0.5) is 0 Å². The summed E-state index contributed by atoms with van der Waals surface area (Å²) >= 11 is 0. The highest BCUT2D eigenvalue weighted by atomic mass is 127. The average Bonchev–Trinajstić information content (AvgIpc) is 2.76. The van der Waals surface area contributed by atoms with Crippen molar-refractivity contribution in [3.8, 4) is 23.0 Å². The van der Waals surface area contributed by atoms with Crippen molar-refractivity contribution in [2.24, 2.45) is 4.99 Å². The molecule has 0 bridgehead atoms. The molecule has 2 aromatic rings. The van der Waals surface area contributed by atoms with E-state index >= 15 is 0 Å². The molecule has 0 radical (unpaired) electrons. The van der Waals surface area contributed by atoms with Gasteiger partial charge >= 0.3 is 0 Å². The van der Waals surface area contributed by atoms with E-state index in [1.165, 1.54) is 11.1 Å². The number of para-hydroxylation sites is 1. The van der Waals surface area contributed by atoms with Gasteiger partial charge in [0.2, 0.25) is 0 Å². The first-order valence-corrected chi connectivity index (χ1v) is 9.73. The molecule has 0 atom stereocenters. The van der Waals surface area contributed by atoms with E-state index in [4.69, 9.17) is 19.2 Å². The van der Waals surface area contributed by atoms with E-state index in [1.54, 1.807) is 27.4 Å². The van der Waals surface area contributed by atoms with E-state index in [0.717, 1.165) is 49.1 Å². The number of hydrogen-bond acceptors (Lipinski definition) is 5. The van der Waals surface area contributed by atoms with Gasteiger partial charge < -0.3 is 29.5 Å². The van der Waals surface area contributed by atoms with Crippen LogP contribution in [0.25, 0.3) is 0 Å². The van der Waals surface area contributed by atoms with Gasteiger partial charge in [0.1, 0.15) is 0 Å². The third-order valence-electron chi connectivity index (χ3n) is 5.05. The van der Waals surface area contributed by atoms with Crippen LogP contribution in [0.5, 0.6) is 23.0 Å². The smallest absolute Gasteiger partial charge is 0.194 e. The lowest BCUT2D eigenvalue weighted by Gasteiger charge is -2.32. The summed E-state index contributed by atoms with van der Waals surface area (Å²) < 4.78 is 16.1. The lowest BCUT2D eigenvalue weighted by Crippen LogP contribution is -2.44. The van der Waals surface area contributed by atoms with E-state index in [-0.39, 0.29) is 29.7 Å². The molecule has 164 valence electrons. The SMILES string of the molecule is CCNC(=NCc1cccc(OC)c1O)N1CCc2cc(OC)c(OC)cc2C1.I. The Kier molecular flexibility index (Phi) is 8.88. The number of ether oxygens (including phenoxy) is 3. The Hall–Kier alpha value is -2.36. The molecule has 0 fully saturated rings. The number of aliphatic imine (C=N–C) groups is 1. The predicted octanol–water partition coefficient (Wildman–Crippen LogP) is 3.56. The summed E-state index contributed by atoms with van der Waals surface area (Å²) in [5, 5.41) is 13.7. The van der Waals surface area contributed by atoms with Crippen molar-refractivity contribution < 1.29 is 19.3 Å². The monoisotopic (exact) mass is 527 g/mol. The fourth-order valence-corrected chi connectivity index (χ4v) is 3.51. The fraction of sp³-hybridized carbons (Fsp3) is 0.409. The zero-order chi connectivity index (χ0) is 20.8. The van der Waals surface area contributed by atoms with E-state index in [2.05, 4.69) is 16.3 Å². The van der Waals surface area contributed by atoms with Gasteiger partial charge in [-0.1, -0.05) is 12.1 Å². The van der Waals surface area contributed by atoms with Crippen LogP contribution in [0.1, 0.15) is 23.6 Å². The van der Waals surface area contributed by atoms with E-state index in [0.29, 0.717) is 12.3 Å². The number of hydrogen-bond donors (Lipinski definition) is 2. The van der Waals surface area contributed by atoms with Gasteiger partial charge in [0.15, 0.2) is 29.0 Å². The van der Waals surface area contributed by atoms with Gasteiger partial charge in [-0.15, -0.1) is 24.0 Å². The number of rotatable bonds is 6. The van der Waals surface area contributed by atoms with Crippen LogP contribution >= 0.6 is 24.0 Å². The number of halogens is 1. The number of fused-ring (bicyclic) bond motifs is 1. The topological polar surface area (TPSA) is 75.6 Å². The van der Waals surface area contributed by atoms with Crippen LogP contribution in [0.3, 0.4) is 0 Å². The minimum absolute atomic E-state index is 0. The van der Waals surface area contributed by atoms with Crippen LogP contribution in [-0.2, 0) is 19.5 Å². The molecule has 0 amide bonds. The molecule has 0 aromatic heterocycles. The van der Waals surface area contributed by atoms with Crippen molar-refractivity contribution in [1.29, 1.82) is 0 Å². The van der Waals surface area contributed by atoms with E-state index in [9.17, 15) is 5.11 Å². The summed E-state index contributed by atoms with van der Waals surface area (Å²) in [6.07, 6.45) is 0.893. The third-order valence-corrected chi connectivity index (χ3v) is 5.05. The minimum Gasteiger partial charge on any atom is -0.504 e. The molecule has 3 rings (SSSR count). The van der Waals surface area contributed by atoms with Crippen LogP contribution in [-0.4, -0.2) is 50.4 Å². The molecule has 30 heavy (non-hydrogen) atoms. The summed E-state index contributed by atoms with van der Waals surface area (Å²) in [5.41, 5.74) is 3.19. The number of guanidine groups is 1. The first kappa shape index (κ1) is 23.9. The molecule has 0 aliphatic carbocycles. The maximum atomic E-state index is 10.3. The van der Waals surface area contributed by atoms with Gasteiger partial charge in [0.05, 0.1) is 27.9 Å². The normalized spacial score (nSPS) is 13.2. The lowest BCUT2D eigenvalue weighted by atomic mass is 9.99. The Morgan fingerprint density at radius 1 is 1.07 bits per heavy atom. The molecule has 1 aliphatic rings. The molecular weight excluding hydrogens is 497 g/mol. The summed E-state index contributed by atoms with van der Waals surface area (Å²) in [7, 11) is 4.85. The zero-order valence-corrected chi connectivity index (χ0v) is 20.2. The number of phenols is 1. The molecule has 0 unspecified atom stereocenters. The summed E-state index contributed by atoms with van der Waals surface area (Å²) in [6, 6.07) is 9.54. The van der Waals surface area contributed by atoms with Crippen molar-refractivity contribution in [2.45, 2.75) is 26.4 Å². The number of methoxy groups -OCH3 is 3. The average molecular weight is 527 g/mol. The summed E-state index contributed by atoms with van der Waals surface area (Å²) in [6.45, 7) is 4.74. The van der Waals surface area contributed by atoms with E-state index in [1.807, 2.05) is 25.1 Å². The standard InChI is InChI=1S/C22H29N3O4.HI/c1-5-23-22(24-13-16-7-6-8-18(27-2)21(16)26)25-10-9-15-11-19(28-3)20(29-4)12-17(15)14-25;/h6-8,11-12,26H,5,9-10,13-14H2,1-4H3,(H,23,24);1H. The minimum atomic E-state index is 0. The van der Waals surface area contributed by atoms with Crippen molar-refractivity contribution in [3.63, 3.8) is 0 Å². The van der Waals surface area contributed by atoms with Gasteiger partial charge in [-0.2, -0.15) is 0 Å².